The lowest BCUT2D eigenvalue weighted by atomic mass is 9.96. The number of fused-ring (bicyclic) bond motifs is 1. The van der Waals surface area contributed by atoms with E-state index >= 15 is 0 Å². The van der Waals surface area contributed by atoms with Gasteiger partial charge in [0.2, 0.25) is 0 Å². The molecule has 2 aromatic carbocycles. The molecule has 21 heavy (non-hydrogen) atoms. The molecule has 0 aliphatic carbocycles. The van der Waals surface area contributed by atoms with Crippen LogP contribution in [0.1, 0.15) is 22.7 Å². The van der Waals surface area contributed by atoms with Crippen LogP contribution >= 0.6 is 0 Å². The minimum atomic E-state index is 0.292. The summed E-state index contributed by atoms with van der Waals surface area (Å²) >= 11 is 0. The van der Waals surface area contributed by atoms with Crippen LogP contribution in [0.2, 0.25) is 0 Å². The first-order chi connectivity index (χ1) is 10.3. The minimum absolute atomic E-state index is 0.292. The molecule has 0 spiro atoms. The normalized spacial score (nSPS) is 12.5. The first kappa shape index (κ1) is 13.8. The number of pyridine rings is 1. The van der Waals surface area contributed by atoms with Gasteiger partial charge in [0.15, 0.2) is 0 Å². The maximum Gasteiger partial charge on any atom is 0.0376 e. The number of hydrogen-bond acceptors (Lipinski definition) is 2. The van der Waals surface area contributed by atoms with Gasteiger partial charge in [-0.05, 0) is 53.9 Å². The molecule has 3 aromatic rings. The molecule has 1 heterocycles. The quantitative estimate of drug-likeness (QED) is 0.777. The highest BCUT2D eigenvalue weighted by Gasteiger charge is 2.12. The highest BCUT2D eigenvalue weighted by Crippen LogP contribution is 2.23. The third kappa shape index (κ3) is 2.96. The molecule has 106 valence electrons. The average molecular weight is 276 g/mol. The van der Waals surface area contributed by atoms with Crippen LogP contribution in [-0.4, -0.2) is 12.0 Å². The third-order valence-corrected chi connectivity index (χ3v) is 4.06. The molecule has 1 unspecified atom stereocenters. The van der Waals surface area contributed by atoms with E-state index < -0.39 is 0 Å². The van der Waals surface area contributed by atoms with Gasteiger partial charge < -0.3 is 5.32 Å². The van der Waals surface area contributed by atoms with Gasteiger partial charge in [-0.15, -0.1) is 0 Å². The Morgan fingerprint density at radius 2 is 1.86 bits per heavy atom. The van der Waals surface area contributed by atoms with E-state index in [0.29, 0.717) is 6.04 Å². The second kappa shape index (κ2) is 6.06. The molecular weight excluding hydrogens is 256 g/mol. The summed E-state index contributed by atoms with van der Waals surface area (Å²) < 4.78 is 0. The van der Waals surface area contributed by atoms with Gasteiger partial charge in [0, 0.05) is 18.4 Å². The average Bonchev–Trinajstić information content (AvgIpc) is 2.53. The molecule has 1 aromatic heterocycles. The Bertz CT molecular complexity index is 749. The van der Waals surface area contributed by atoms with Crippen molar-refractivity contribution in [1.82, 2.24) is 10.3 Å². The predicted molar refractivity (Wildman–Crippen MR) is 88.4 cm³/mol. The summed E-state index contributed by atoms with van der Waals surface area (Å²) in [4.78, 5) is 4.27. The monoisotopic (exact) mass is 276 g/mol. The number of hydrogen-bond donors (Lipinski definition) is 1. The zero-order valence-corrected chi connectivity index (χ0v) is 12.5. The van der Waals surface area contributed by atoms with Gasteiger partial charge in [0.1, 0.15) is 0 Å². The molecule has 1 atom stereocenters. The molecule has 0 radical (unpaired) electrons. The molecule has 3 rings (SSSR count). The largest absolute Gasteiger partial charge is 0.313 e. The predicted octanol–water partition coefficient (Wildman–Crippen LogP) is 4.05. The SMILES string of the molecule is CNC(Cc1ccc2ccccc2c1)c1cnccc1C. The van der Waals surface area contributed by atoms with E-state index in [1.165, 1.54) is 27.5 Å². The number of benzene rings is 2. The van der Waals surface area contributed by atoms with Crippen molar-refractivity contribution < 1.29 is 0 Å². The maximum absolute atomic E-state index is 4.27. The van der Waals surface area contributed by atoms with Crippen molar-refractivity contribution in [2.45, 2.75) is 19.4 Å². The molecule has 0 aliphatic rings. The van der Waals surface area contributed by atoms with Gasteiger partial charge >= 0.3 is 0 Å². The van der Waals surface area contributed by atoms with Crippen LogP contribution in [0.5, 0.6) is 0 Å². The van der Waals surface area contributed by atoms with Crippen LogP contribution in [0.25, 0.3) is 10.8 Å². The van der Waals surface area contributed by atoms with Crippen molar-refractivity contribution in [2.75, 3.05) is 7.05 Å². The Balaban J connectivity index is 1.90. The second-order valence-corrected chi connectivity index (χ2v) is 5.46. The van der Waals surface area contributed by atoms with Gasteiger partial charge in [-0.1, -0.05) is 42.5 Å². The van der Waals surface area contributed by atoms with Crippen molar-refractivity contribution in [3.63, 3.8) is 0 Å². The molecule has 0 aliphatic heterocycles. The molecule has 2 heteroatoms. The van der Waals surface area contributed by atoms with Gasteiger partial charge in [0.25, 0.3) is 0 Å². The van der Waals surface area contributed by atoms with Crippen LogP contribution in [0.15, 0.2) is 60.9 Å². The number of nitrogens with zero attached hydrogens (tertiary/aromatic N) is 1. The van der Waals surface area contributed by atoms with Crippen LogP contribution in [-0.2, 0) is 6.42 Å². The standard InChI is InChI=1S/C19H20N2/c1-14-9-10-21-13-18(14)19(20-2)12-15-7-8-16-5-3-4-6-17(16)11-15/h3-11,13,19-20H,12H2,1-2H3. The van der Waals surface area contributed by atoms with E-state index in [2.05, 4.69) is 65.8 Å². The fraction of sp³-hybridized carbons (Fsp3) is 0.211. The van der Waals surface area contributed by atoms with Crippen molar-refractivity contribution in [3.8, 4) is 0 Å². The molecule has 0 saturated heterocycles. The smallest absolute Gasteiger partial charge is 0.0376 e. The number of likely N-dealkylation sites (N-methyl/N-ethyl adjacent to an activating group) is 1. The minimum Gasteiger partial charge on any atom is -0.313 e. The third-order valence-electron chi connectivity index (χ3n) is 4.06. The first-order valence-corrected chi connectivity index (χ1v) is 7.33. The second-order valence-electron chi connectivity index (χ2n) is 5.46. The lowest BCUT2D eigenvalue weighted by Gasteiger charge is -2.18. The molecule has 0 bridgehead atoms. The van der Waals surface area contributed by atoms with E-state index in [-0.39, 0.29) is 0 Å². The molecule has 0 saturated carbocycles. The summed E-state index contributed by atoms with van der Waals surface area (Å²) in [5.41, 5.74) is 3.90. The number of aromatic nitrogens is 1. The molecule has 0 fully saturated rings. The van der Waals surface area contributed by atoms with Gasteiger partial charge in [-0.3, -0.25) is 4.98 Å². The van der Waals surface area contributed by atoms with Crippen LogP contribution in [0.4, 0.5) is 0 Å². The van der Waals surface area contributed by atoms with Crippen molar-refractivity contribution in [1.29, 1.82) is 0 Å². The van der Waals surface area contributed by atoms with E-state index in [9.17, 15) is 0 Å². The number of aryl methyl sites for hydroxylation is 1. The molecule has 1 N–H and O–H groups in total. The topological polar surface area (TPSA) is 24.9 Å². The Morgan fingerprint density at radius 1 is 1.05 bits per heavy atom. The first-order valence-electron chi connectivity index (χ1n) is 7.33. The van der Waals surface area contributed by atoms with Crippen molar-refractivity contribution >= 4 is 10.8 Å². The number of rotatable bonds is 4. The Morgan fingerprint density at radius 3 is 2.62 bits per heavy atom. The van der Waals surface area contributed by atoms with E-state index in [1.54, 1.807) is 0 Å². The lowest BCUT2D eigenvalue weighted by molar-refractivity contribution is 0.587. The van der Waals surface area contributed by atoms with Crippen LogP contribution in [0, 0.1) is 6.92 Å². The van der Waals surface area contributed by atoms with Gasteiger partial charge in [-0.25, -0.2) is 0 Å². The highest BCUT2D eigenvalue weighted by molar-refractivity contribution is 5.83. The highest BCUT2D eigenvalue weighted by atomic mass is 14.9. The van der Waals surface area contributed by atoms with Crippen LogP contribution < -0.4 is 5.32 Å². The zero-order valence-electron chi connectivity index (χ0n) is 12.5. The van der Waals surface area contributed by atoms with Crippen LogP contribution in [0.3, 0.4) is 0 Å². The van der Waals surface area contributed by atoms with Gasteiger partial charge in [-0.2, -0.15) is 0 Å². The van der Waals surface area contributed by atoms with E-state index in [1.807, 2.05) is 19.4 Å². The molecule has 0 amide bonds. The lowest BCUT2D eigenvalue weighted by Crippen LogP contribution is -2.20. The van der Waals surface area contributed by atoms with Crippen molar-refractivity contribution in [2.24, 2.45) is 0 Å². The Labute approximate surface area is 125 Å². The van der Waals surface area contributed by atoms with Gasteiger partial charge in [0.05, 0.1) is 0 Å². The summed E-state index contributed by atoms with van der Waals surface area (Å²) in [7, 11) is 2.01. The zero-order chi connectivity index (χ0) is 14.7. The van der Waals surface area contributed by atoms with E-state index in [0.717, 1.165) is 6.42 Å². The fourth-order valence-corrected chi connectivity index (χ4v) is 2.81. The van der Waals surface area contributed by atoms with Crippen molar-refractivity contribution in [3.05, 3.63) is 77.6 Å². The molecule has 2 nitrogen and oxygen atoms in total. The Kier molecular flexibility index (Phi) is 3.98. The summed E-state index contributed by atoms with van der Waals surface area (Å²) in [6, 6.07) is 17.6. The Hall–Kier alpha value is -2.19. The summed E-state index contributed by atoms with van der Waals surface area (Å²) in [5.74, 6) is 0. The summed E-state index contributed by atoms with van der Waals surface area (Å²) in [6.45, 7) is 2.14. The summed E-state index contributed by atoms with van der Waals surface area (Å²) in [5, 5.41) is 6.01. The molecular formula is C19H20N2. The fourth-order valence-electron chi connectivity index (χ4n) is 2.81. The maximum atomic E-state index is 4.27. The summed E-state index contributed by atoms with van der Waals surface area (Å²) in [6.07, 6.45) is 4.78. The number of nitrogens with one attached hydrogen (secondary N) is 1. The van der Waals surface area contributed by atoms with E-state index in [4.69, 9.17) is 0 Å².